The summed E-state index contributed by atoms with van der Waals surface area (Å²) in [4.78, 5) is 4.95. The second-order valence-electron chi connectivity index (χ2n) is 7.71. The quantitative estimate of drug-likeness (QED) is 0.722. The number of piperidine rings is 1. The Kier molecular flexibility index (Phi) is 6.95. The predicted molar refractivity (Wildman–Crippen MR) is 97.6 cm³/mol. The maximum Gasteiger partial charge on any atom is 0.0657 e. The standard InChI is InChI=1S/C20H36N2O/c1-5-19(4)17-20(12-16-23-19)11-10-15-22(18-20)14-9-8-13-21(6-2)7-3/h5-7,10-18H2,1-4H3/t19-,20+/m1/s1. The monoisotopic (exact) mass is 320 g/mol. The van der Waals surface area contributed by atoms with E-state index in [1.807, 2.05) is 0 Å². The van der Waals surface area contributed by atoms with E-state index < -0.39 is 0 Å². The highest BCUT2D eigenvalue weighted by Crippen LogP contribution is 2.45. The molecule has 0 aromatic heterocycles. The lowest BCUT2D eigenvalue weighted by atomic mass is 9.68. The molecular formula is C20H36N2O. The van der Waals surface area contributed by atoms with Gasteiger partial charge in [-0.3, -0.25) is 9.80 Å². The van der Waals surface area contributed by atoms with Crippen molar-refractivity contribution in [3.63, 3.8) is 0 Å². The Morgan fingerprint density at radius 2 is 1.91 bits per heavy atom. The first-order chi connectivity index (χ1) is 11.0. The lowest BCUT2D eigenvalue weighted by Gasteiger charge is -2.50. The first kappa shape index (κ1) is 18.8. The summed E-state index contributed by atoms with van der Waals surface area (Å²) < 4.78 is 6.07. The van der Waals surface area contributed by atoms with Crippen LogP contribution in [-0.4, -0.2) is 61.3 Å². The Balaban J connectivity index is 1.87. The maximum atomic E-state index is 6.07. The molecule has 3 nitrogen and oxygen atoms in total. The molecule has 0 aliphatic carbocycles. The van der Waals surface area contributed by atoms with E-state index in [2.05, 4.69) is 49.3 Å². The summed E-state index contributed by atoms with van der Waals surface area (Å²) in [5, 5.41) is 0. The highest BCUT2D eigenvalue weighted by Gasteiger charge is 2.44. The molecule has 2 atom stereocenters. The average molecular weight is 321 g/mol. The fourth-order valence-corrected chi connectivity index (χ4v) is 4.25. The third-order valence-electron chi connectivity index (χ3n) is 5.94. The maximum absolute atomic E-state index is 6.07. The molecule has 132 valence electrons. The van der Waals surface area contributed by atoms with Crippen LogP contribution in [0.1, 0.15) is 59.8 Å². The summed E-state index contributed by atoms with van der Waals surface area (Å²) in [5.74, 6) is 6.78. The number of likely N-dealkylation sites (tertiary alicyclic amines) is 1. The summed E-state index contributed by atoms with van der Waals surface area (Å²) in [6.45, 7) is 16.4. The Morgan fingerprint density at radius 1 is 1.13 bits per heavy atom. The minimum absolute atomic E-state index is 0.0929. The van der Waals surface area contributed by atoms with Crippen LogP contribution in [0.15, 0.2) is 0 Å². The molecule has 0 bridgehead atoms. The molecule has 0 aromatic rings. The van der Waals surface area contributed by atoms with Crippen LogP contribution in [0.4, 0.5) is 0 Å². The van der Waals surface area contributed by atoms with Gasteiger partial charge in [0.25, 0.3) is 0 Å². The van der Waals surface area contributed by atoms with Crippen molar-refractivity contribution in [3.8, 4) is 11.8 Å². The molecule has 0 saturated carbocycles. The molecule has 2 heterocycles. The first-order valence-electron chi connectivity index (χ1n) is 9.59. The van der Waals surface area contributed by atoms with Gasteiger partial charge in [0, 0.05) is 13.2 Å². The molecule has 0 aromatic carbocycles. The Bertz CT molecular complexity index is 419. The highest BCUT2D eigenvalue weighted by molar-refractivity contribution is 5.05. The summed E-state index contributed by atoms with van der Waals surface area (Å²) in [6.07, 6.45) is 6.26. The Morgan fingerprint density at radius 3 is 2.61 bits per heavy atom. The molecule has 0 radical (unpaired) electrons. The zero-order chi connectivity index (χ0) is 16.8. The number of rotatable bonds is 5. The van der Waals surface area contributed by atoms with Crippen molar-refractivity contribution < 1.29 is 4.74 Å². The van der Waals surface area contributed by atoms with Crippen LogP contribution in [0.3, 0.4) is 0 Å². The SMILES string of the molecule is CCN(CC)CC#CCN1CCC[C@@]2(CCO[C@](C)(CC)C2)C1. The first-order valence-corrected chi connectivity index (χ1v) is 9.59. The average Bonchev–Trinajstić information content (AvgIpc) is 2.55. The zero-order valence-corrected chi connectivity index (χ0v) is 15.8. The Labute approximate surface area is 143 Å². The van der Waals surface area contributed by atoms with Crippen molar-refractivity contribution in [1.82, 2.24) is 9.80 Å². The van der Waals surface area contributed by atoms with Gasteiger partial charge in [-0.05, 0) is 64.1 Å². The number of nitrogens with zero attached hydrogens (tertiary/aromatic N) is 2. The largest absolute Gasteiger partial charge is 0.375 e. The summed E-state index contributed by atoms with van der Waals surface area (Å²) >= 11 is 0. The van der Waals surface area contributed by atoms with Crippen LogP contribution >= 0.6 is 0 Å². The topological polar surface area (TPSA) is 15.7 Å². The van der Waals surface area contributed by atoms with Gasteiger partial charge in [-0.25, -0.2) is 0 Å². The van der Waals surface area contributed by atoms with Gasteiger partial charge < -0.3 is 4.74 Å². The normalized spacial score (nSPS) is 32.0. The Hall–Kier alpha value is -0.560. The van der Waals surface area contributed by atoms with Crippen molar-refractivity contribution in [2.24, 2.45) is 5.41 Å². The third-order valence-corrected chi connectivity index (χ3v) is 5.94. The van der Waals surface area contributed by atoms with Crippen molar-refractivity contribution in [2.75, 3.05) is 45.9 Å². The van der Waals surface area contributed by atoms with Crippen LogP contribution < -0.4 is 0 Å². The molecule has 0 amide bonds. The fraction of sp³-hybridized carbons (Fsp3) is 0.900. The molecule has 2 aliphatic heterocycles. The van der Waals surface area contributed by atoms with E-state index in [9.17, 15) is 0 Å². The minimum atomic E-state index is 0.0929. The van der Waals surface area contributed by atoms with Crippen LogP contribution in [0, 0.1) is 17.3 Å². The van der Waals surface area contributed by atoms with Crippen LogP contribution in [-0.2, 0) is 4.74 Å². The lowest BCUT2D eigenvalue weighted by Crippen LogP contribution is -2.51. The van der Waals surface area contributed by atoms with E-state index in [1.165, 1.54) is 38.8 Å². The van der Waals surface area contributed by atoms with Gasteiger partial charge in [-0.2, -0.15) is 0 Å². The van der Waals surface area contributed by atoms with Crippen molar-refractivity contribution >= 4 is 0 Å². The molecule has 0 N–H and O–H groups in total. The van der Waals surface area contributed by atoms with E-state index in [-0.39, 0.29) is 5.60 Å². The van der Waals surface area contributed by atoms with Crippen molar-refractivity contribution in [2.45, 2.75) is 65.4 Å². The van der Waals surface area contributed by atoms with Crippen LogP contribution in [0.25, 0.3) is 0 Å². The van der Waals surface area contributed by atoms with Gasteiger partial charge in [0.1, 0.15) is 0 Å². The number of hydrogen-bond donors (Lipinski definition) is 0. The number of hydrogen-bond acceptors (Lipinski definition) is 3. The molecule has 23 heavy (non-hydrogen) atoms. The van der Waals surface area contributed by atoms with Gasteiger partial charge in [-0.1, -0.05) is 32.6 Å². The number of ether oxygens (including phenoxy) is 1. The second kappa shape index (κ2) is 8.51. The van der Waals surface area contributed by atoms with E-state index in [1.54, 1.807) is 0 Å². The third kappa shape index (κ3) is 5.21. The van der Waals surface area contributed by atoms with E-state index in [0.29, 0.717) is 5.41 Å². The van der Waals surface area contributed by atoms with Gasteiger partial charge in [0.2, 0.25) is 0 Å². The molecule has 0 unspecified atom stereocenters. The summed E-state index contributed by atoms with van der Waals surface area (Å²) in [5.41, 5.74) is 0.567. The lowest BCUT2D eigenvalue weighted by molar-refractivity contribution is -0.132. The van der Waals surface area contributed by atoms with E-state index >= 15 is 0 Å². The summed E-state index contributed by atoms with van der Waals surface area (Å²) in [7, 11) is 0. The van der Waals surface area contributed by atoms with Gasteiger partial charge in [0.05, 0.1) is 18.7 Å². The molecule has 3 heteroatoms. The molecular weight excluding hydrogens is 284 g/mol. The van der Waals surface area contributed by atoms with Gasteiger partial charge in [0.15, 0.2) is 0 Å². The van der Waals surface area contributed by atoms with Crippen molar-refractivity contribution in [3.05, 3.63) is 0 Å². The predicted octanol–water partition coefficient (Wildman–Crippen LogP) is 3.39. The molecule has 2 saturated heterocycles. The van der Waals surface area contributed by atoms with Crippen molar-refractivity contribution in [1.29, 1.82) is 0 Å². The minimum Gasteiger partial charge on any atom is -0.375 e. The molecule has 2 rings (SSSR count). The highest BCUT2D eigenvalue weighted by atomic mass is 16.5. The van der Waals surface area contributed by atoms with Crippen LogP contribution in [0.2, 0.25) is 0 Å². The molecule has 1 spiro atoms. The van der Waals surface area contributed by atoms with Gasteiger partial charge >= 0.3 is 0 Å². The zero-order valence-electron chi connectivity index (χ0n) is 15.8. The molecule has 2 aliphatic rings. The van der Waals surface area contributed by atoms with Crippen LogP contribution in [0.5, 0.6) is 0 Å². The van der Waals surface area contributed by atoms with Gasteiger partial charge in [-0.15, -0.1) is 0 Å². The van der Waals surface area contributed by atoms with E-state index in [0.717, 1.165) is 39.2 Å². The van der Waals surface area contributed by atoms with E-state index in [4.69, 9.17) is 4.74 Å². The molecule has 2 fully saturated rings. The summed E-state index contributed by atoms with van der Waals surface area (Å²) in [6, 6.07) is 0. The fourth-order valence-electron chi connectivity index (χ4n) is 4.25. The second-order valence-corrected chi connectivity index (χ2v) is 7.71. The smallest absolute Gasteiger partial charge is 0.0657 e.